The third kappa shape index (κ3) is 6.10. The third-order valence-corrected chi connectivity index (χ3v) is 3.31. The first-order valence-corrected chi connectivity index (χ1v) is 6.64. The van der Waals surface area contributed by atoms with E-state index in [9.17, 15) is 14.0 Å². The van der Waals surface area contributed by atoms with Crippen LogP contribution in [-0.2, 0) is 9.59 Å². The lowest BCUT2D eigenvalue weighted by molar-refractivity contribution is -0.137. The van der Waals surface area contributed by atoms with Gasteiger partial charge >= 0.3 is 5.97 Å². The molecule has 4 N–H and O–H groups in total. The maximum Gasteiger partial charge on any atom is 0.303 e. The summed E-state index contributed by atoms with van der Waals surface area (Å²) in [6.45, 7) is 0.324. The van der Waals surface area contributed by atoms with Crippen LogP contribution >= 0.6 is 11.8 Å². The van der Waals surface area contributed by atoms with Crippen molar-refractivity contribution in [3.05, 3.63) is 24.0 Å². The monoisotopic (exact) mass is 286 g/mol. The van der Waals surface area contributed by atoms with Gasteiger partial charge in [-0.05, 0) is 24.6 Å². The summed E-state index contributed by atoms with van der Waals surface area (Å²) in [5.74, 6) is -1.36. The molecule has 1 amide bonds. The number of nitrogens with two attached hydrogens (primary N) is 1. The molecule has 0 saturated heterocycles. The molecule has 5 nitrogen and oxygen atoms in total. The van der Waals surface area contributed by atoms with Crippen molar-refractivity contribution in [1.29, 1.82) is 0 Å². The normalized spacial score (nSPS) is 10.2. The standard InChI is InChI=1S/C12H15FN2O3S/c13-8-3-4-10(9(14)6-8)19-7-11(16)15-5-1-2-12(17)18/h3-4,6H,1-2,5,7,14H2,(H,15,16)(H,17,18). The predicted molar refractivity (Wildman–Crippen MR) is 71.4 cm³/mol. The van der Waals surface area contributed by atoms with Gasteiger partial charge in [-0.15, -0.1) is 11.8 Å². The van der Waals surface area contributed by atoms with Crippen molar-refractivity contribution >= 4 is 29.3 Å². The molecular formula is C12H15FN2O3S. The van der Waals surface area contributed by atoms with E-state index in [0.717, 1.165) is 0 Å². The van der Waals surface area contributed by atoms with Crippen LogP contribution in [0.5, 0.6) is 0 Å². The van der Waals surface area contributed by atoms with E-state index in [1.165, 1.54) is 30.0 Å². The molecule has 0 bridgehead atoms. The van der Waals surface area contributed by atoms with Crippen molar-refractivity contribution in [3.8, 4) is 0 Å². The molecule has 0 aliphatic carbocycles. The Kier molecular flexibility index (Phi) is 6.14. The minimum absolute atomic E-state index is 0.0261. The first kappa shape index (κ1) is 15.3. The maximum absolute atomic E-state index is 12.8. The topological polar surface area (TPSA) is 92.4 Å². The minimum atomic E-state index is -0.886. The number of nitrogens with one attached hydrogen (secondary N) is 1. The molecule has 0 atom stereocenters. The van der Waals surface area contributed by atoms with Gasteiger partial charge in [-0.1, -0.05) is 0 Å². The first-order valence-electron chi connectivity index (χ1n) is 5.65. The molecule has 19 heavy (non-hydrogen) atoms. The molecule has 1 aromatic rings. The Hall–Kier alpha value is -1.76. The number of halogens is 1. The Morgan fingerprint density at radius 3 is 2.79 bits per heavy atom. The van der Waals surface area contributed by atoms with E-state index in [1.807, 2.05) is 0 Å². The fraction of sp³-hybridized carbons (Fsp3) is 0.333. The highest BCUT2D eigenvalue weighted by molar-refractivity contribution is 8.00. The van der Waals surface area contributed by atoms with Gasteiger partial charge < -0.3 is 16.2 Å². The van der Waals surface area contributed by atoms with E-state index in [4.69, 9.17) is 10.8 Å². The van der Waals surface area contributed by atoms with Gasteiger partial charge in [0.2, 0.25) is 5.91 Å². The van der Waals surface area contributed by atoms with E-state index >= 15 is 0 Å². The second kappa shape index (κ2) is 7.63. The molecule has 0 fully saturated rings. The summed E-state index contributed by atoms with van der Waals surface area (Å²) in [4.78, 5) is 22.3. The van der Waals surface area contributed by atoms with E-state index in [2.05, 4.69) is 5.32 Å². The van der Waals surface area contributed by atoms with Crippen LogP contribution in [0.4, 0.5) is 10.1 Å². The number of carboxylic acids is 1. The number of amides is 1. The zero-order chi connectivity index (χ0) is 14.3. The highest BCUT2D eigenvalue weighted by Gasteiger charge is 2.06. The van der Waals surface area contributed by atoms with Crippen LogP contribution in [0, 0.1) is 5.82 Å². The lowest BCUT2D eigenvalue weighted by Crippen LogP contribution is -2.26. The maximum atomic E-state index is 12.8. The van der Waals surface area contributed by atoms with Crippen molar-refractivity contribution in [2.24, 2.45) is 0 Å². The van der Waals surface area contributed by atoms with Crippen LogP contribution in [0.3, 0.4) is 0 Å². The third-order valence-electron chi connectivity index (χ3n) is 2.22. The summed E-state index contributed by atoms with van der Waals surface area (Å²) in [5, 5.41) is 11.0. The number of carbonyl (C=O) groups excluding carboxylic acids is 1. The summed E-state index contributed by atoms with van der Waals surface area (Å²) in [5.41, 5.74) is 5.90. The average Bonchev–Trinajstić information content (AvgIpc) is 2.33. The van der Waals surface area contributed by atoms with Crippen LogP contribution in [0.2, 0.25) is 0 Å². The van der Waals surface area contributed by atoms with Crippen LogP contribution in [-0.4, -0.2) is 29.3 Å². The van der Waals surface area contributed by atoms with E-state index < -0.39 is 11.8 Å². The molecule has 0 saturated carbocycles. The van der Waals surface area contributed by atoms with Gasteiger partial charge in [0.05, 0.1) is 5.75 Å². The number of benzene rings is 1. The number of carbonyl (C=O) groups is 2. The molecule has 0 aliphatic heterocycles. The second-order valence-corrected chi connectivity index (χ2v) is 4.84. The molecule has 1 rings (SSSR count). The fourth-order valence-electron chi connectivity index (χ4n) is 1.31. The van der Waals surface area contributed by atoms with Crippen LogP contribution in [0.1, 0.15) is 12.8 Å². The lowest BCUT2D eigenvalue weighted by atomic mass is 10.3. The van der Waals surface area contributed by atoms with Gasteiger partial charge in [-0.3, -0.25) is 9.59 Å². The van der Waals surface area contributed by atoms with Crippen LogP contribution in [0.25, 0.3) is 0 Å². The molecular weight excluding hydrogens is 271 g/mol. The van der Waals surface area contributed by atoms with Crippen molar-refractivity contribution in [2.75, 3.05) is 18.0 Å². The number of hydrogen-bond donors (Lipinski definition) is 3. The number of thioether (sulfide) groups is 1. The molecule has 1 aromatic carbocycles. The van der Waals surface area contributed by atoms with E-state index in [-0.39, 0.29) is 18.1 Å². The zero-order valence-corrected chi connectivity index (χ0v) is 11.0. The number of nitrogen functional groups attached to an aromatic ring is 1. The smallest absolute Gasteiger partial charge is 0.303 e. The molecule has 0 unspecified atom stereocenters. The van der Waals surface area contributed by atoms with Gasteiger partial charge in [0, 0.05) is 23.5 Å². The van der Waals surface area contributed by atoms with Gasteiger partial charge in [0.1, 0.15) is 5.82 Å². The summed E-state index contributed by atoms with van der Waals surface area (Å²) in [7, 11) is 0. The highest BCUT2D eigenvalue weighted by Crippen LogP contribution is 2.25. The van der Waals surface area contributed by atoms with Gasteiger partial charge in [0.25, 0.3) is 0 Å². The van der Waals surface area contributed by atoms with Gasteiger partial charge in [-0.2, -0.15) is 0 Å². The Morgan fingerprint density at radius 1 is 1.42 bits per heavy atom. The molecule has 0 aliphatic rings. The minimum Gasteiger partial charge on any atom is -0.481 e. The quantitative estimate of drug-likeness (QED) is 0.401. The van der Waals surface area contributed by atoms with Crippen LogP contribution < -0.4 is 11.1 Å². The summed E-state index contributed by atoms with van der Waals surface area (Å²) >= 11 is 1.21. The predicted octanol–water partition coefficient (Wildman–Crippen LogP) is 1.48. The number of carboxylic acid groups (broad SMARTS) is 1. The molecule has 0 heterocycles. The lowest BCUT2D eigenvalue weighted by Gasteiger charge is -2.06. The highest BCUT2D eigenvalue weighted by atomic mass is 32.2. The van der Waals surface area contributed by atoms with E-state index in [0.29, 0.717) is 23.5 Å². The Balaban J connectivity index is 2.28. The first-order chi connectivity index (χ1) is 8.99. The number of rotatable bonds is 7. The number of aliphatic carboxylic acids is 1. The Labute approximate surface area is 114 Å². The van der Waals surface area contributed by atoms with E-state index in [1.54, 1.807) is 0 Å². The summed E-state index contributed by atoms with van der Waals surface area (Å²) in [6.07, 6.45) is 0.419. The van der Waals surface area contributed by atoms with Gasteiger partial charge in [-0.25, -0.2) is 4.39 Å². The summed E-state index contributed by atoms with van der Waals surface area (Å²) < 4.78 is 12.8. The molecule has 0 aromatic heterocycles. The largest absolute Gasteiger partial charge is 0.481 e. The van der Waals surface area contributed by atoms with Crippen molar-refractivity contribution in [3.63, 3.8) is 0 Å². The second-order valence-electron chi connectivity index (χ2n) is 3.82. The Morgan fingerprint density at radius 2 is 2.16 bits per heavy atom. The van der Waals surface area contributed by atoms with Crippen molar-refractivity contribution in [1.82, 2.24) is 5.32 Å². The van der Waals surface area contributed by atoms with Crippen molar-refractivity contribution < 1.29 is 19.1 Å². The molecule has 104 valence electrons. The molecule has 0 spiro atoms. The number of anilines is 1. The zero-order valence-electron chi connectivity index (χ0n) is 10.2. The molecule has 7 heteroatoms. The summed E-state index contributed by atoms with van der Waals surface area (Å²) in [6, 6.07) is 4.00. The molecule has 0 radical (unpaired) electrons. The van der Waals surface area contributed by atoms with Gasteiger partial charge in [0.15, 0.2) is 0 Å². The Bertz CT molecular complexity index is 468. The average molecular weight is 286 g/mol. The fourth-order valence-corrected chi connectivity index (χ4v) is 2.09. The SMILES string of the molecule is Nc1cc(F)ccc1SCC(=O)NCCCC(=O)O. The van der Waals surface area contributed by atoms with Crippen LogP contribution in [0.15, 0.2) is 23.1 Å². The van der Waals surface area contributed by atoms with Crippen molar-refractivity contribution in [2.45, 2.75) is 17.7 Å². The number of hydrogen-bond acceptors (Lipinski definition) is 4.